The van der Waals surface area contributed by atoms with Crippen molar-refractivity contribution in [3.8, 4) is 0 Å². The molecule has 0 fully saturated rings. The maximum Gasteiger partial charge on any atom is 0.275 e. The van der Waals surface area contributed by atoms with Crippen molar-refractivity contribution in [3.05, 3.63) is 58.3 Å². The van der Waals surface area contributed by atoms with Gasteiger partial charge in [0.15, 0.2) is 0 Å². The summed E-state index contributed by atoms with van der Waals surface area (Å²) in [5.74, 6) is -0.241. The monoisotopic (exact) mass is 334 g/mol. The number of halogens is 1. The first-order chi connectivity index (χ1) is 9.70. The third-order valence-corrected chi connectivity index (χ3v) is 3.30. The van der Waals surface area contributed by atoms with Gasteiger partial charge in [0, 0.05) is 23.0 Å². The molecule has 0 unspecified atom stereocenters. The summed E-state index contributed by atoms with van der Waals surface area (Å²) in [5, 5.41) is 2.81. The van der Waals surface area contributed by atoms with Crippen molar-refractivity contribution in [2.75, 3.05) is 11.9 Å². The highest BCUT2D eigenvalue weighted by atomic mass is 79.9. The number of rotatable bonds is 5. The molecule has 0 aliphatic rings. The predicted molar refractivity (Wildman–Crippen MR) is 81.7 cm³/mol. The third kappa shape index (κ3) is 3.88. The lowest BCUT2D eigenvalue weighted by molar-refractivity contribution is 0.102. The Balaban J connectivity index is 2.03. The van der Waals surface area contributed by atoms with Gasteiger partial charge in [-0.3, -0.25) is 4.79 Å². The summed E-state index contributed by atoms with van der Waals surface area (Å²) in [4.78, 5) is 16.1. The summed E-state index contributed by atoms with van der Waals surface area (Å²) in [7, 11) is 0. The van der Waals surface area contributed by atoms with Crippen LogP contribution in [0.4, 0.5) is 5.69 Å². The number of carbonyl (C=O) groups is 1. The first-order valence-electron chi connectivity index (χ1n) is 6.29. The highest BCUT2D eigenvalue weighted by Gasteiger charge is 2.11. The molecular formula is C15H15BrN2O2. The number of anilines is 1. The zero-order chi connectivity index (χ0) is 14.4. The van der Waals surface area contributed by atoms with Crippen molar-refractivity contribution in [1.29, 1.82) is 0 Å². The van der Waals surface area contributed by atoms with E-state index in [1.54, 1.807) is 18.3 Å². The quantitative estimate of drug-likeness (QED) is 0.908. The molecule has 1 N–H and O–H groups in total. The number of hydrogen-bond donors (Lipinski definition) is 1. The van der Waals surface area contributed by atoms with Gasteiger partial charge >= 0.3 is 0 Å². The van der Waals surface area contributed by atoms with Gasteiger partial charge < -0.3 is 10.1 Å². The van der Waals surface area contributed by atoms with Gasteiger partial charge in [0.25, 0.3) is 5.91 Å². The van der Waals surface area contributed by atoms with Crippen LogP contribution < -0.4 is 5.32 Å². The van der Waals surface area contributed by atoms with Gasteiger partial charge in [-0.25, -0.2) is 4.98 Å². The molecule has 5 heteroatoms. The molecule has 104 valence electrons. The van der Waals surface area contributed by atoms with Crippen molar-refractivity contribution in [1.82, 2.24) is 4.98 Å². The van der Waals surface area contributed by atoms with E-state index in [0.29, 0.717) is 23.4 Å². The Morgan fingerprint density at radius 3 is 2.70 bits per heavy atom. The van der Waals surface area contributed by atoms with Gasteiger partial charge in [-0.2, -0.15) is 0 Å². The van der Waals surface area contributed by atoms with E-state index in [2.05, 4.69) is 26.2 Å². The summed E-state index contributed by atoms with van der Waals surface area (Å²) >= 11 is 3.31. The van der Waals surface area contributed by atoms with Crippen LogP contribution in [0.15, 0.2) is 47.1 Å². The molecule has 0 saturated heterocycles. The number of carbonyl (C=O) groups excluding carboxylic acids is 1. The summed E-state index contributed by atoms with van der Waals surface area (Å²) in [5.41, 5.74) is 2.17. The Kier molecular flexibility index (Phi) is 5.26. The highest BCUT2D eigenvalue weighted by molar-refractivity contribution is 9.10. The Labute approximate surface area is 126 Å². The second-order valence-electron chi connectivity index (χ2n) is 4.12. The average molecular weight is 335 g/mol. The smallest absolute Gasteiger partial charge is 0.275 e. The van der Waals surface area contributed by atoms with Crippen LogP contribution in [0.1, 0.15) is 23.0 Å². The van der Waals surface area contributed by atoms with Crippen molar-refractivity contribution >= 4 is 27.5 Å². The number of aromatic nitrogens is 1. The van der Waals surface area contributed by atoms with Crippen LogP contribution in [-0.4, -0.2) is 17.5 Å². The second kappa shape index (κ2) is 7.17. The van der Waals surface area contributed by atoms with Crippen molar-refractivity contribution in [2.24, 2.45) is 0 Å². The molecular weight excluding hydrogens is 320 g/mol. The number of pyridine rings is 1. The molecule has 4 nitrogen and oxygen atoms in total. The molecule has 1 aromatic heterocycles. The van der Waals surface area contributed by atoms with Crippen LogP contribution in [0.2, 0.25) is 0 Å². The van der Waals surface area contributed by atoms with Crippen LogP contribution in [0.25, 0.3) is 0 Å². The van der Waals surface area contributed by atoms with E-state index in [-0.39, 0.29) is 5.91 Å². The first-order valence-corrected chi connectivity index (χ1v) is 7.08. The summed E-state index contributed by atoms with van der Waals surface area (Å²) in [6.45, 7) is 3.22. The SMILES string of the molecule is CCOCc1ccc(NC(=O)c2ncccc2Br)cc1. The fourth-order valence-electron chi connectivity index (χ4n) is 1.65. The van der Waals surface area contributed by atoms with E-state index in [9.17, 15) is 4.79 Å². The van der Waals surface area contributed by atoms with E-state index in [1.807, 2.05) is 31.2 Å². The molecule has 0 bridgehead atoms. The molecule has 20 heavy (non-hydrogen) atoms. The number of nitrogens with one attached hydrogen (secondary N) is 1. The Morgan fingerprint density at radius 2 is 2.05 bits per heavy atom. The van der Waals surface area contributed by atoms with Crippen molar-refractivity contribution in [2.45, 2.75) is 13.5 Å². The van der Waals surface area contributed by atoms with E-state index >= 15 is 0 Å². The van der Waals surface area contributed by atoms with E-state index < -0.39 is 0 Å². The second-order valence-corrected chi connectivity index (χ2v) is 4.98. The lowest BCUT2D eigenvalue weighted by Gasteiger charge is -2.07. The molecule has 0 radical (unpaired) electrons. The largest absolute Gasteiger partial charge is 0.377 e. The molecule has 0 saturated carbocycles. The number of amides is 1. The fourth-order valence-corrected chi connectivity index (χ4v) is 2.08. The van der Waals surface area contributed by atoms with Gasteiger partial charge in [0.05, 0.1) is 6.61 Å². The Hall–Kier alpha value is -1.72. The minimum atomic E-state index is -0.241. The van der Waals surface area contributed by atoms with Gasteiger partial charge in [-0.05, 0) is 52.7 Å². The van der Waals surface area contributed by atoms with Gasteiger partial charge in [0.2, 0.25) is 0 Å². The van der Waals surface area contributed by atoms with Crippen LogP contribution in [-0.2, 0) is 11.3 Å². The van der Waals surface area contributed by atoms with E-state index in [4.69, 9.17) is 4.74 Å². The van der Waals surface area contributed by atoms with Gasteiger partial charge in [-0.15, -0.1) is 0 Å². The maximum atomic E-state index is 12.1. The molecule has 0 aliphatic heterocycles. The minimum Gasteiger partial charge on any atom is -0.377 e. The molecule has 1 amide bonds. The molecule has 1 heterocycles. The number of nitrogens with zero attached hydrogens (tertiary/aromatic N) is 1. The fraction of sp³-hybridized carbons (Fsp3) is 0.200. The lowest BCUT2D eigenvalue weighted by atomic mass is 10.2. The van der Waals surface area contributed by atoms with Crippen molar-refractivity contribution < 1.29 is 9.53 Å². The normalized spacial score (nSPS) is 10.3. The summed E-state index contributed by atoms with van der Waals surface area (Å²) in [6, 6.07) is 11.1. The molecule has 2 aromatic rings. The van der Waals surface area contributed by atoms with E-state index in [1.165, 1.54) is 0 Å². The molecule has 0 atom stereocenters. The molecule has 2 rings (SSSR count). The highest BCUT2D eigenvalue weighted by Crippen LogP contribution is 2.16. The predicted octanol–water partition coefficient (Wildman–Crippen LogP) is 3.63. The topological polar surface area (TPSA) is 51.2 Å². The average Bonchev–Trinajstić information content (AvgIpc) is 2.47. The third-order valence-electron chi connectivity index (χ3n) is 2.66. The van der Waals surface area contributed by atoms with Crippen LogP contribution in [0.5, 0.6) is 0 Å². The lowest BCUT2D eigenvalue weighted by Crippen LogP contribution is -2.14. The molecule has 0 spiro atoms. The van der Waals surface area contributed by atoms with Crippen LogP contribution in [0.3, 0.4) is 0 Å². The summed E-state index contributed by atoms with van der Waals surface area (Å²) < 4.78 is 5.99. The standard InChI is InChI=1S/C15H15BrN2O2/c1-2-20-10-11-5-7-12(8-6-11)18-15(19)14-13(16)4-3-9-17-14/h3-9H,2,10H2,1H3,(H,18,19). The number of benzene rings is 1. The Morgan fingerprint density at radius 1 is 1.30 bits per heavy atom. The zero-order valence-electron chi connectivity index (χ0n) is 11.1. The van der Waals surface area contributed by atoms with Crippen LogP contribution in [0, 0.1) is 0 Å². The molecule has 0 aliphatic carbocycles. The maximum absolute atomic E-state index is 12.1. The summed E-state index contributed by atoms with van der Waals surface area (Å²) in [6.07, 6.45) is 1.59. The van der Waals surface area contributed by atoms with Gasteiger partial charge in [-0.1, -0.05) is 12.1 Å². The first kappa shape index (κ1) is 14.7. The Bertz CT molecular complexity index is 585. The minimum absolute atomic E-state index is 0.241. The van der Waals surface area contributed by atoms with Crippen molar-refractivity contribution in [3.63, 3.8) is 0 Å². The molecule has 1 aromatic carbocycles. The zero-order valence-corrected chi connectivity index (χ0v) is 12.7. The van der Waals surface area contributed by atoms with Gasteiger partial charge in [0.1, 0.15) is 5.69 Å². The van der Waals surface area contributed by atoms with E-state index in [0.717, 1.165) is 11.3 Å². The van der Waals surface area contributed by atoms with Crippen LogP contribution >= 0.6 is 15.9 Å². The number of ether oxygens (including phenoxy) is 1. The number of hydrogen-bond acceptors (Lipinski definition) is 3.